The summed E-state index contributed by atoms with van der Waals surface area (Å²) in [6.07, 6.45) is 1.54. The van der Waals surface area contributed by atoms with Crippen molar-refractivity contribution in [2.24, 2.45) is 5.10 Å². The minimum absolute atomic E-state index is 0.108. The number of ether oxygens (including phenoxy) is 3. The summed E-state index contributed by atoms with van der Waals surface area (Å²) in [5.41, 5.74) is 5.52. The predicted octanol–water partition coefficient (Wildman–Crippen LogP) is 3.45. The standard InChI is InChI=1S/C19H21IN2O4/c1-12-5-6-15(7-13(12)2)26-11-18(23)22-21-10-14-8-16(20)19(25-4)17(9-14)24-3/h5-10H,11H2,1-4H3,(H,22,23)/b21-10+. The van der Waals surface area contributed by atoms with Gasteiger partial charge in [-0.3, -0.25) is 4.79 Å². The molecule has 138 valence electrons. The molecule has 2 aromatic carbocycles. The van der Waals surface area contributed by atoms with Crippen molar-refractivity contribution in [1.29, 1.82) is 0 Å². The number of nitrogens with zero attached hydrogens (tertiary/aromatic N) is 1. The van der Waals surface area contributed by atoms with Gasteiger partial charge in [-0.1, -0.05) is 6.07 Å². The van der Waals surface area contributed by atoms with Crippen molar-refractivity contribution in [3.63, 3.8) is 0 Å². The highest BCUT2D eigenvalue weighted by Crippen LogP contribution is 2.32. The molecular weight excluding hydrogens is 447 g/mol. The smallest absolute Gasteiger partial charge is 0.277 e. The molecule has 0 aromatic heterocycles. The predicted molar refractivity (Wildman–Crippen MR) is 109 cm³/mol. The number of halogens is 1. The third kappa shape index (κ3) is 5.35. The van der Waals surface area contributed by atoms with E-state index in [1.54, 1.807) is 20.3 Å². The first-order valence-electron chi connectivity index (χ1n) is 7.88. The van der Waals surface area contributed by atoms with Gasteiger partial charge in [0, 0.05) is 0 Å². The molecule has 0 aliphatic rings. The summed E-state index contributed by atoms with van der Waals surface area (Å²) in [7, 11) is 3.16. The van der Waals surface area contributed by atoms with Gasteiger partial charge in [0.2, 0.25) is 0 Å². The van der Waals surface area contributed by atoms with Gasteiger partial charge in [-0.05, 0) is 77.4 Å². The number of carbonyl (C=O) groups excluding carboxylic acids is 1. The van der Waals surface area contributed by atoms with Gasteiger partial charge < -0.3 is 14.2 Å². The van der Waals surface area contributed by atoms with Gasteiger partial charge in [-0.15, -0.1) is 0 Å². The van der Waals surface area contributed by atoms with Crippen LogP contribution >= 0.6 is 22.6 Å². The molecule has 0 bridgehead atoms. The van der Waals surface area contributed by atoms with Crippen LogP contribution in [0.3, 0.4) is 0 Å². The van der Waals surface area contributed by atoms with Gasteiger partial charge in [-0.25, -0.2) is 5.43 Å². The van der Waals surface area contributed by atoms with Crippen molar-refractivity contribution >= 4 is 34.7 Å². The Morgan fingerprint density at radius 1 is 1.15 bits per heavy atom. The number of methoxy groups -OCH3 is 2. The fraction of sp³-hybridized carbons (Fsp3) is 0.263. The van der Waals surface area contributed by atoms with E-state index in [-0.39, 0.29) is 12.5 Å². The summed E-state index contributed by atoms with van der Waals surface area (Å²) in [6.45, 7) is 3.91. The molecule has 0 saturated heterocycles. The monoisotopic (exact) mass is 468 g/mol. The highest BCUT2D eigenvalue weighted by molar-refractivity contribution is 14.1. The molecule has 6 nitrogen and oxygen atoms in total. The summed E-state index contributed by atoms with van der Waals surface area (Å²) in [6, 6.07) is 9.35. The zero-order valence-corrected chi connectivity index (χ0v) is 17.3. The lowest BCUT2D eigenvalue weighted by Crippen LogP contribution is -2.24. The SMILES string of the molecule is COc1cc(/C=N/NC(=O)COc2ccc(C)c(C)c2)cc(I)c1OC. The van der Waals surface area contributed by atoms with Crippen molar-refractivity contribution in [2.75, 3.05) is 20.8 Å². The van der Waals surface area contributed by atoms with E-state index < -0.39 is 0 Å². The molecule has 0 atom stereocenters. The molecule has 0 aliphatic carbocycles. The van der Waals surface area contributed by atoms with Gasteiger partial charge in [0.15, 0.2) is 18.1 Å². The zero-order chi connectivity index (χ0) is 19.1. The van der Waals surface area contributed by atoms with Crippen molar-refractivity contribution in [3.05, 3.63) is 50.6 Å². The molecule has 7 heteroatoms. The van der Waals surface area contributed by atoms with Crippen LogP contribution < -0.4 is 19.6 Å². The largest absolute Gasteiger partial charge is 0.493 e. The summed E-state index contributed by atoms with van der Waals surface area (Å²) in [5, 5.41) is 3.95. The van der Waals surface area contributed by atoms with Gasteiger partial charge in [0.05, 0.1) is 24.0 Å². The Kier molecular flexibility index (Phi) is 7.26. The summed E-state index contributed by atoms with van der Waals surface area (Å²) in [4.78, 5) is 11.9. The van der Waals surface area contributed by atoms with Crippen LogP contribution in [0.15, 0.2) is 35.4 Å². The second-order valence-electron chi connectivity index (χ2n) is 5.57. The maximum absolute atomic E-state index is 11.9. The number of hydrogen-bond donors (Lipinski definition) is 1. The first-order chi connectivity index (χ1) is 12.4. The Morgan fingerprint density at radius 2 is 1.92 bits per heavy atom. The molecule has 0 unspecified atom stereocenters. The lowest BCUT2D eigenvalue weighted by atomic mass is 10.1. The first kappa shape index (κ1) is 20.0. The van der Waals surface area contributed by atoms with Crippen LogP contribution in [0.5, 0.6) is 17.2 Å². The van der Waals surface area contributed by atoms with Gasteiger partial charge in [0.1, 0.15) is 5.75 Å². The third-order valence-corrected chi connectivity index (χ3v) is 4.51. The molecule has 1 amide bonds. The van der Waals surface area contributed by atoms with E-state index in [0.29, 0.717) is 17.2 Å². The average molecular weight is 468 g/mol. The number of hydrogen-bond acceptors (Lipinski definition) is 5. The molecule has 0 spiro atoms. The van der Waals surface area contributed by atoms with Crippen LogP contribution in [-0.2, 0) is 4.79 Å². The van der Waals surface area contributed by atoms with Crippen molar-refractivity contribution in [3.8, 4) is 17.2 Å². The molecule has 0 saturated carbocycles. The number of hydrazone groups is 1. The number of aryl methyl sites for hydroxylation is 2. The lowest BCUT2D eigenvalue weighted by molar-refractivity contribution is -0.123. The minimum Gasteiger partial charge on any atom is -0.493 e. The van der Waals surface area contributed by atoms with Crippen molar-refractivity contribution < 1.29 is 19.0 Å². The van der Waals surface area contributed by atoms with E-state index in [4.69, 9.17) is 14.2 Å². The third-order valence-electron chi connectivity index (χ3n) is 3.71. The maximum Gasteiger partial charge on any atom is 0.277 e. The molecular formula is C19H21IN2O4. The van der Waals surface area contributed by atoms with Crippen LogP contribution in [0.2, 0.25) is 0 Å². The van der Waals surface area contributed by atoms with E-state index >= 15 is 0 Å². The van der Waals surface area contributed by atoms with Crippen LogP contribution in [0.25, 0.3) is 0 Å². The Bertz CT molecular complexity index is 821. The fourth-order valence-electron chi connectivity index (χ4n) is 2.18. The number of benzene rings is 2. The van der Waals surface area contributed by atoms with Crippen LogP contribution in [0.1, 0.15) is 16.7 Å². The van der Waals surface area contributed by atoms with Crippen molar-refractivity contribution in [2.45, 2.75) is 13.8 Å². The van der Waals surface area contributed by atoms with E-state index in [9.17, 15) is 4.79 Å². The first-order valence-corrected chi connectivity index (χ1v) is 8.96. The van der Waals surface area contributed by atoms with Crippen LogP contribution in [-0.4, -0.2) is 32.9 Å². The van der Waals surface area contributed by atoms with Crippen LogP contribution in [0.4, 0.5) is 0 Å². The second-order valence-corrected chi connectivity index (χ2v) is 6.73. The molecule has 0 fully saturated rings. The number of rotatable bonds is 7. The van der Waals surface area contributed by atoms with E-state index in [1.165, 1.54) is 11.8 Å². The van der Waals surface area contributed by atoms with E-state index in [2.05, 4.69) is 33.1 Å². The zero-order valence-electron chi connectivity index (χ0n) is 15.1. The molecule has 0 heterocycles. The van der Waals surface area contributed by atoms with Crippen LogP contribution in [0, 0.1) is 17.4 Å². The summed E-state index contributed by atoms with van der Waals surface area (Å²) in [5.74, 6) is 1.58. The van der Waals surface area contributed by atoms with Gasteiger partial charge in [0.25, 0.3) is 5.91 Å². The molecule has 0 radical (unpaired) electrons. The lowest BCUT2D eigenvalue weighted by Gasteiger charge is -2.10. The van der Waals surface area contributed by atoms with Gasteiger partial charge >= 0.3 is 0 Å². The second kappa shape index (κ2) is 9.42. The number of amides is 1. The molecule has 1 N–H and O–H groups in total. The molecule has 2 aromatic rings. The summed E-state index contributed by atoms with van der Waals surface area (Å²) >= 11 is 2.15. The fourth-order valence-corrected chi connectivity index (χ4v) is 3.02. The normalized spacial score (nSPS) is 10.7. The Labute approximate surface area is 166 Å². The van der Waals surface area contributed by atoms with E-state index in [1.807, 2.05) is 38.1 Å². The summed E-state index contributed by atoms with van der Waals surface area (Å²) < 4.78 is 16.9. The topological polar surface area (TPSA) is 69.2 Å². The van der Waals surface area contributed by atoms with Gasteiger partial charge in [-0.2, -0.15) is 5.10 Å². The minimum atomic E-state index is -0.338. The molecule has 26 heavy (non-hydrogen) atoms. The average Bonchev–Trinajstić information content (AvgIpc) is 2.62. The Morgan fingerprint density at radius 3 is 2.58 bits per heavy atom. The highest BCUT2D eigenvalue weighted by Gasteiger charge is 2.09. The number of nitrogens with one attached hydrogen (secondary N) is 1. The maximum atomic E-state index is 11.9. The van der Waals surface area contributed by atoms with Crippen molar-refractivity contribution in [1.82, 2.24) is 5.43 Å². The molecule has 0 aliphatic heterocycles. The Balaban J connectivity index is 1.92. The highest BCUT2D eigenvalue weighted by atomic mass is 127. The molecule has 2 rings (SSSR count). The van der Waals surface area contributed by atoms with E-state index in [0.717, 1.165) is 14.7 Å². The quantitative estimate of drug-likeness (QED) is 0.384. The Hall–Kier alpha value is -2.29. The number of carbonyl (C=O) groups is 1.